The van der Waals surface area contributed by atoms with Crippen LogP contribution in [0, 0.1) is 0 Å². The molecule has 1 unspecified atom stereocenters. The van der Waals surface area contributed by atoms with Gasteiger partial charge in [-0.1, -0.05) is 42.5 Å². The van der Waals surface area contributed by atoms with E-state index in [0.29, 0.717) is 16.9 Å². The molecule has 0 spiro atoms. The van der Waals surface area contributed by atoms with Crippen LogP contribution in [-0.2, 0) is 6.42 Å². The molecule has 0 radical (unpaired) electrons. The van der Waals surface area contributed by atoms with Crippen LogP contribution in [0.1, 0.15) is 15.9 Å². The van der Waals surface area contributed by atoms with Gasteiger partial charge in [-0.25, -0.2) is 0 Å². The van der Waals surface area contributed by atoms with Gasteiger partial charge in [0.15, 0.2) is 0 Å². The summed E-state index contributed by atoms with van der Waals surface area (Å²) in [5, 5.41) is 12.3. The lowest BCUT2D eigenvalue weighted by Crippen LogP contribution is -2.39. The molecule has 2 rings (SSSR count). The smallest absolute Gasteiger partial charge is 0.252 e. The molecule has 0 aliphatic carbocycles. The summed E-state index contributed by atoms with van der Waals surface area (Å²) >= 11 is 4.26. The van der Waals surface area contributed by atoms with Gasteiger partial charge in [-0.15, -0.1) is 12.6 Å². The maximum absolute atomic E-state index is 12.2. The number of amides is 1. The third-order valence-electron chi connectivity index (χ3n) is 3.03. The molecule has 20 heavy (non-hydrogen) atoms. The summed E-state index contributed by atoms with van der Waals surface area (Å²) in [6, 6.07) is 16.6. The number of carbonyl (C=O) groups excluding carboxylic acids is 1. The van der Waals surface area contributed by atoms with Crippen LogP contribution in [0.15, 0.2) is 59.5 Å². The largest absolute Gasteiger partial charge is 0.394 e. The van der Waals surface area contributed by atoms with Gasteiger partial charge >= 0.3 is 0 Å². The Morgan fingerprint density at radius 1 is 1.10 bits per heavy atom. The van der Waals surface area contributed by atoms with Crippen molar-refractivity contribution in [2.45, 2.75) is 17.4 Å². The first kappa shape index (κ1) is 14.6. The molecule has 0 heterocycles. The zero-order chi connectivity index (χ0) is 14.4. The molecule has 2 N–H and O–H groups in total. The SMILES string of the molecule is O=C(NC(CO)Cc1ccccc1)c1ccccc1S. The fraction of sp³-hybridized carbons (Fsp3) is 0.188. The van der Waals surface area contributed by atoms with Crippen molar-refractivity contribution in [1.29, 1.82) is 0 Å². The number of rotatable bonds is 5. The fourth-order valence-corrected chi connectivity index (χ4v) is 2.25. The van der Waals surface area contributed by atoms with E-state index < -0.39 is 0 Å². The summed E-state index contributed by atoms with van der Waals surface area (Å²) in [5.41, 5.74) is 1.59. The lowest BCUT2D eigenvalue weighted by atomic mass is 10.1. The minimum Gasteiger partial charge on any atom is -0.394 e. The van der Waals surface area contributed by atoms with Crippen molar-refractivity contribution in [3.63, 3.8) is 0 Å². The van der Waals surface area contributed by atoms with E-state index in [9.17, 15) is 9.90 Å². The second kappa shape index (κ2) is 7.12. The fourth-order valence-electron chi connectivity index (χ4n) is 1.99. The Kier molecular flexibility index (Phi) is 5.21. The van der Waals surface area contributed by atoms with Crippen LogP contribution in [0.3, 0.4) is 0 Å². The summed E-state index contributed by atoms with van der Waals surface area (Å²) in [5.74, 6) is -0.217. The average molecular weight is 287 g/mol. The molecule has 0 fully saturated rings. The van der Waals surface area contributed by atoms with Crippen LogP contribution < -0.4 is 5.32 Å². The Bertz CT molecular complexity index is 572. The second-order valence-corrected chi connectivity index (χ2v) is 5.04. The molecule has 0 bridgehead atoms. The molecule has 4 heteroatoms. The maximum atomic E-state index is 12.2. The number of benzene rings is 2. The minimum atomic E-state index is -0.308. The first-order valence-corrected chi connectivity index (χ1v) is 6.89. The molecule has 2 aromatic rings. The van der Waals surface area contributed by atoms with Gasteiger partial charge in [0, 0.05) is 4.90 Å². The van der Waals surface area contributed by atoms with Crippen LogP contribution >= 0.6 is 12.6 Å². The van der Waals surface area contributed by atoms with Crippen LogP contribution in [0.4, 0.5) is 0 Å². The van der Waals surface area contributed by atoms with Crippen molar-refractivity contribution in [1.82, 2.24) is 5.32 Å². The predicted molar refractivity (Wildman–Crippen MR) is 82.2 cm³/mol. The summed E-state index contributed by atoms with van der Waals surface area (Å²) in [6.45, 7) is -0.102. The summed E-state index contributed by atoms with van der Waals surface area (Å²) in [6.07, 6.45) is 0.595. The van der Waals surface area contributed by atoms with Gasteiger partial charge in [0.25, 0.3) is 5.91 Å². The number of nitrogens with one attached hydrogen (secondary N) is 1. The number of hydrogen-bond donors (Lipinski definition) is 3. The molecule has 0 saturated heterocycles. The molecular weight excluding hydrogens is 270 g/mol. The summed E-state index contributed by atoms with van der Waals surface area (Å²) in [7, 11) is 0. The van der Waals surface area contributed by atoms with Crippen molar-refractivity contribution in [2.75, 3.05) is 6.61 Å². The first-order chi connectivity index (χ1) is 9.70. The van der Waals surface area contributed by atoms with E-state index in [-0.39, 0.29) is 18.6 Å². The molecular formula is C16H17NO2S. The number of aliphatic hydroxyl groups is 1. The highest BCUT2D eigenvalue weighted by Gasteiger charge is 2.15. The zero-order valence-corrected chi connectivity index (χ0v) is 11.9. The molecule has 0 aliphatic heterocycles. The molecule has 0 saturated carbocycles. The van der Waals surface area contributed by atoms with E-state index >= 15 is 0 Å². The Morgan fingerprint density at radius 2 is 1.75 bits per heavy atom. The van der Waals surface area contributed by atoms with Crippen molar-refractivity contribution in [3.8, 4) is 0 Å². The Hall–Kier alpha value is -1.78. The lowest BCUT2D eigenvalue weighted by molar-refractivity contribution is 0.0913. The van der Waals surface area contributed by atoms with E-state index in [2.05, 4.69) is 17.9 Å². The molecule has 3 nitrogen and oxygen atoms in total. The number of aliphatic hydroxyl groups excluding tert-OH is 1. The first-order valence-electron chi connectivity index (χ1n) is 6.44. The van der Waals surface area contributed by atoms with E-state index in [1.54, 1.807) is 18.2 Å². The van der Waals surface area contributed by atoms with Crippen molar-refractivity contribution >= 4 is 18.5 Å². The normalized spacial score (nSPS) is 11.9. The van der Waals surface area contributed by atoms with Crippen LogP contribution in [-0.4, -0.2) is 23.7 Å². The average Bonchev–Trinajstić information content (AvgIpc) is 2.48. The van der Waals surface area contributed by atoms with E-state index in [1.165, 1.54) is 0 Å². The van der Waals surface area contributed by atoms with E-state index in [4.69, 9.17) is 0 Å². The van der Waals surface area contributed by atoms with Gasteiger partial charge < -0.3 is 10.4 Å². The highest BCUT2D eigenvalue weighted by molar-refractivity contribution is 7.80. The Labute approximate surface area is 124 Å². The van der Waals surface area contributed by atoms with Gasteiger partial charge in [0.05, 0.1) is 18.2 Å². The highest BCUT2D eigenvalue weighted by Crippen LogP contribution is 2.13. The molecule has 1 amide bonds. The number of hydrogen-bond acceptors (Lipinski definition) is 3. The van der Waals surface area contributed by atoms with Gasteiger partial charge in [-0.05, 0) is 24.1 Å². The van der Waals surface area contributed by atoms with Crippen molar-refractivity contribution in [2.24, 2.45) is 0 Å². The van der Waals surface area contributed by atoms with E-state index in [0.717, 1.165) is 5.56 Å². The monoisotopic (exact) mass is 287 g/mol. The number of carbonyl (C=O) groups is 1. The highest BCUT2D eigenvalue weighted by atomic mass is 32.1. The third-order valence-corrected chi connectivity index (χ3v) is 3.42. The molecule has 104 valence electrons. The topological polar surface area (TPSA) is 49.3 Å². The number of thiol groups is 1. The molecule has 1 atom stereocenters. The summed E-state index contributed by atoms with van der Waals surface area (Å²) in [4.78, 5) is 12.8. The van der Waals surface area contributed by atoms with Gasteiger partial charge in [-0.2, -0.15) is 0 Å². The van der Waals surface area contributed by atoms with Gasteiger partial charge in [0.2, 0.25) is 0 Å². The van der Waals surface area contributed by atoms with Crippen molar-refractivity contribution < 1.29 is 9.90 Å². The van der Waals surface area contributed by atoms with Gasteiger partial charge in [-0.3, -0.25) is 4.79 Å². The van der Waals surface area contributed by atoms with Crippen LogP contribution in [0.25, 0.3) is 0 Å². The van der Waals surface area contributed by atoms with Crippen molar-refractivity contribution in [3.05, 3.63) is 65.7 Å². The van der Waals surface area contributed by atoms with Crippen LogP contribution in [0.2, 0.25) is 0 Å². The minimum absolute atomic E-state index is 0.102. The molecule has 0 aliphatic rings. The standard InChI is InChI=1S/C16H17NO2S/c18-11-13(10-12-6-2-1-3-7-12)17-16(19)14-8-4-5-9-15(14)20/h1-9,13,18,20H,10-11H2,(H,17,19). The van der Waals surface area contributed by atoms with Crippen LogP contribution in [0.5, 0.6) is 0 Å². The summed E-state index contributed by atoms with van der Waals surface area (Å²) < 4.78 is 0. The molecule has 2 aromatic carbocycles. The second-order valence-electron chi connectivity index (χ2n) is 4.56. The van der Waals surface area contributed by atoms with Gasteiger partial charge in [0.1, 0.15) is 0 Å². The van der Waals surface area contributed by atoms with E-state index in [1.807, 2.05) is 36.4 Å². The zero-order valence-electron chi connectivity index (χ0n) is 11.0. The Morgan fingerprint density at radius 3 is 2.40 bits per heavy atom. The Balaban J connectivity index is 2.03. The predicted octanol–water partition coefficient (Wildman–Crippen LogP) is 2.31. The molecule has 0 aromatic heterocycles. The third kappa shape index (κ3) is 3.85. The maximum Gasteiger partial charge on any atom is 0.252 e. The lowest BCUT2D eigenvalue weighted by Gasteiger charge is -2.17. The quantitative estimate of drug-likeness (QED) is 0.739.